The molecule has 3 aromatic rings. The Bertz CT molecular complexity index is 1690. The molecule has 1 atom stereocenters. The number of rotatable bonds is 8. The van der Waals surface area contributed by atoms with Crippen molar-refractivity contribution < 1.29 is 22.8 Å². The van der Waals surface area contributed by atoms with Crippen LogP contribution in [0.15, 0.2) is 47.3 Å². The lowest BCUT2D eigenvalue weighted by Crippen LogP contribution is -2.55. The fourth-order valence-electron chi connectivity index (χ4n) is 7.69. The molecule has 0 bridgehead atoms. The fourth-order valence-corrected chi connectivity index (χ4v) is 8.02. The molecule has 11 nitrogen and oxygen atoms in total. The number of amides is 3. The lowest BCUT2D eigenvalue weighted by Gasteiger charge is -2.39. The predicted molar refractivity (Wildman–Crippen MR) is 185 cm³/mol. The van der Waals surface area contributed by atoms with E-state index >= 15 is 0 Å². The van der Waals surface area contributed by atoms with E-state index in [1.54, 1.807) is 9.80 Å². The monoisotopic (exact) mass is 716 g/mol. The number of carbonyl (C=O) groups excluding carboxylic acids is 2. The quantitative estimate of drug-likeness (QED) is 0.256. The maximum Gasteiger partial charge on any atom is 0.418 e. The number of carbonyl (C=O) groups is 2. The normalized spacial score (nSPS) is 19.0. The lowest BCUT2D eigenvalue weighted by molar-refractivity contribution is -0.137. The zero-order valence-corrected chi connectivity index (χ0v) is 28.8. The van der Waals surface area contributed by atoms with Gasteiger partial charge >= 0.3 is 17.9 Å². The highest BCUT2D eigenvalue weighted by Gasteiger charge is 2.37. The highest BCUT2D eigenvalue weighted by Crippen LogP contribution is 2.40. The fraction of sp³-hybridized carbons (Fsp3) is 0.543. The summed E-state index contributed by atoms with van der Waals surface area (Å²) in [6.45, 7) is 3.66. The van der Waals surface area contributed by atoms with Crippen LogP contribution in [-0.2, 0) is 17.4 Å². The molecule has 2 aromatic carbocycles. The molecular weight excluding hydrogens is 673 g/mol. The number of nitrogens with zero attached hydrogens (tertiary/aromatic N) is 4. The molecule has 50 heavy (non-hydrogen) atoms. The van der Waals surface area contributed by atoms with Gasteiger partial charge in [0.1, 0.15) is 6.04 Å². The summed E-state index contributed by atoms with van der Waals surface area (Å²) in [6.07, 6.45) is 0.0150. The number of likely N-dealkylation sites (tertiary alicyclic amines) is 2. The molecule has 0 saturated carbocycles. The second kappa shape index (κ2) is 15.5. The first kappa shape index (κ1) is 35.8. The second-order valence-corrected chi connectivity index (χ2v) is 13.9. The minimum atomic E-state index is -4.68. The average molecular weight is 717 g/mol. The van der Waals surface area contributed by atoms with E-state index in [0.29, 0.717) is 56.7 Å². The van der Waals surface area contributed by atoms with Gasteiger partial charge in [-0.25, -0.2) is 14.3 Å². The average Bonchev–Trinajstić information content (AvgIpc) is 3.52. The molecule has 0 aliphatic carbocycles. The van der Waals surface area contributed by atoms with Gasteiger partial charge in [0.05, 0.1) is 22.3 Å². The molecule has 3 amide bonds. The van der Waals surface area contributed by atoms with Gasteiger partial charge in [0.15, 0.2) is 5.82 Å². The van der Waals surface area contributed by atoms with Gasteiger partial charge in [-0.3, -0.25) is 9.78 Å². The molecule has 15 heteroatoms. The molecule has 4 N–H and O–H groups in total. The van der Waals surface area contributed by atoms with Gasteiger partial charge in [-0.05, 0) is 81.1 Å². The number of aromatic amines is 1. The van der Waals surface area contributed by atoms with E-state index in [2.05, 4.69) is 26.0 Å². The van der Waals surface area contributed by atoms with Crippen molar-refractivity contribution in [1.82, 2.24) is 35.2 Å². The summed E-state index contributed by atoms with van der Waals surface area (Å²) in [5, 5.41) is 13.2. The predicted octanol–water partition coefficient (Wildman–Crippen LogP) is 5.15. The van der Waals surface area contributed by atoms with Crippen molar-refractivity contribution in [3.8, 4) is 11.4 Å². The first-order chi connectivity index (χ1) is 24.0. The number of aromatic nitrogens is 3. The molecule has 270 valence electrons. The number of alkyl halides is 3. The van der Waals surface area contributed by atoms with Gasteiger partial charge in [0.2, 0.25) is 5.91 Å². The maximum atomic E-state index is 14.1. The van der Waals surface area contributed by atoms with Gasteiger partial charge in [-0.1, -0.05) is 41.9 Å². The number of hydrogen-bond acceptors (Lipinski definition) is 6. The van der Waals surface area contributed by atoms with E-state index in [0.717, 1.165) is 50.4 Å². The molecule has 1 aromatic heterocycles. The number of hydrogen-bond donors (Lipinski definition) is 4. The first-order valence-corrected chi connectivity index (χ1v) is 17.8. The summed E-state index contributed by atoms with van der Waals surface area (Å²) in [4.78, 5) is 46.6. The molecule has 3 aliphatic rings. The van der Waals surface area contributed by atoms with E-state index in [1.807, 2.05) is 30.3 Å². The Hall–Kier alpha value is -4.04. The van der Waals surface area contributed by atoms with Crippen molar-refractivity contribution >= 4 is 29.2 Å². The van der Waals surface area contributed by atoms with Crippen LogP contribution in [0.2, 0.25) is 5.02 Å². The van der Waals surface area contributed by atoms with Crippen LogP contribution in [0.4, 0.5) is 23.7 Å². The van der Waals surface area contributed by atoms with Gasteiger partial charge in [-0.2, -0.15) is 13.2 Å². The zero-order valence-electron chi connectivity index (χ0n) is 28.1. The van der Waals surface area contributed by atoms with Crippen LogP contribution >= 0.6 is 11.6 Å². The third-order valence-corrected chi connectivity index (χ3v) is 10.7. The van der Waals surface area contributed by atoms with E-state index < -0.39 is 23.8 Å². The molecule has 4 heterocycles. The number of piperidine rings is 3. The third kappa shape index (κ3) is 8.12. The Morgan fingerprint density at radius 2 is 1.60 bits per heavy atom. The largest absolute Gasteiger partial charge is 0.418 e. The van der Waals surface area contributed by atoms with Crippen molar-refractivity contribution in [2.75, 3.05) is 51.6 Å². The number of nitrogens with one attached hydrogen (secondary N) is 4. The van der Waals surface area contributed by atoms with Gasteiger partial charge in [-0.15, -0.1) is 5.10 Å². The van der Waals surface area contributed by atoms with E-state index in [9.17, 15) is 27.6 Å². The van der Waals surface area contributed by atoms with Crippen molar-refractivity contribution in [3.05, 3.63) is 69.1 Å². The highest BCUT2D eigenvalue weighted by atomic mass is 35.5. The SMILES string of the molecule is CNc1c(Cl)cc(C[C@@H](NC(=O)N2CCC(n3nc(-c4ccccc4)[nH]c3=O)CC2)C(=O)N2CCC(C3CCNCC3)CC2)cc1C(F)(F)F. The number of H-pyrrole nitrogens is 1. The van der Waals surface area contributed by atoms with Crippen molar-refractivity contribution in [3.63, 3.8) is 0 Å². The summed E-state index contributed by atoms with van der Waals surface area (Å²) in [6, 6.07) is 9.90. The maximum absolute atomic E-state index is 14.1. The minimum absolute atomic E-state index is 0.122. The Morgan fingerprint density at radius 1 is 0.960 bits per heavy atom. The van der Waals surface area contributed by atoms with Crippen molar-refractivity contribution in [2.45, 2.75) is 63.2 Å². The summed E-state index contributed by atoms with van der Waals surface area (Å²) in [5.74, 6) is 1.27. The van der Waals surface area contributed by atoms with Gasteiger partial charge in [0.25, 0.3) is 0 Å². The standard InChI is InChI=1S/C35H44ClF3N8O3/c1-40-30-27(35(37,38)39)19-22(20-28(30)36)21-29(32(48)45-15-9-24(10-16-45)23-7-13-41-14-8-23)42-33(49)46-17-11-26(12-18-46)47-34(50)43-31(44-47)25-5-3-2-4-6-25/h2-6,19-20,23-24,26,29,40-41H,7-18,21H2,1H3,(H,42,49)(H,43,44,50)/t29-/m1/s1. The van der Waals surface area contributed by atoms with Crippen LogP contribution in [0.5, 0.6) is 0 Å². The molecule has 0 unspecified atom stereocenters. The van der Waals surface area contributed by atoms with Crippen LogP contribution in [-0.4, -0.2) is 88.9 Å². The summed E-state index contributed by atoms with van der Waals surface area (Å²) < 4.78 is 43.5. The van der Waals surface area contributed by atoms with Crippen molar-refractivity contribution in [2.24, 2.45) is 11.8 Å². The Labute approximate surface area is 293 Å². The van der Waals surface area contributed by atoms with Gasteiger partial charge in [0, 0.05) is 45.2 Å². The topological polar surface area (TPSA) is 127 Å². The molecule has 0 radical (unpaired) electrons. The van der Waals surface area contributed by atoms with Crippen LogP contribution < -0.4 is 21.6 Å². The molecule has 3 aliphatic heterocycles. The third-order valence-electron chi connectivity index (χ3n) is 10.4. The highest BCUT2D eigenvalue weighted by molar-refractivity contribution is 6.33. The smallest absolute Gasteiger partial charge is 0.386 e. The molecule has 6 rings (SSSR count). The number of anilines is 1. The number of halogens is 4. The van der Waals surface area contributed by atoms with Gasteiger partial charge < -0.3 is 25.8 Å². The number of urea groups is 1. The molecule has 3 fully saturated rings. The molecular formula is C35H44ClF3N8O3. The van der Waals surface area contributed by atoms with E-state index in [-0.39, 0.29) is 40.3 Å². The number of benzene rings is 2. The summed E-state index contributed by atoms with van der Waals surface area (Å²) in [5.41, 5.74) is -0.535. The summed E-state index contributed by atoms with van der Waals surface area (Å²) >= 11 is 6.29. The van der Waals surface area contributed by atoms with Crippen LogP contribution in [0.1, 0.15) is 55.7 Å². The first-order valence-electron chi connectivity index (χ1n) is 17.4. The Morgan fingerprint density at radius 3 is 2.24 bits per heavy atom. The van der Waals surface area contributed by atoms with Crippen LogP contribution in [0.3, 0.4) is 0 Å². The zero-order chi connectivity index (χ0) is 35.4. The minimum Gasteiger partial charge on any atom is -0.386 e. The van der Waals surface area contributed by atoms with E-state index in [1.165, 1.54) is 17.8 Å². The van der Waals surface area contributed by atoms with E-state index in [4.69, 9.17) is 11.6 Å². The molecule has 3 saturated heterocycles. The van der Waals surface area contributed by atoms with Crippen LogP contribution in [0.25, 0.3) is 11.4 Å². The lowest BCUT2D eigenvalue weighted by atomic mass is 9.79. The Balaban J connectivity index is 1.15. The van der Waals surface area contributed by atoms with Crippen LogP contribution in [0, 0.1) is 11.8 Å². The second-order valence-electron chi connectivity index (χ2n) is 13.5. The molecule has 0 spiro atoms. The Kier molecular flexibility index (Phi) is 11.1. The summed E-state index contributed by atoms with van der Waals surface area (Å²) in [7, 11) is 1.37. The van der Waals surface area contributed by atoms with Crippen molar-refractivity contribution in [1.29, 1.82) is 0 Å².